The van der Waals surface area contributed by atoms with Crippen LogP contribution in [0.4, 0.5) is 0 Å². The van der Waals surface area contributed by atoms with Crippen LogP contribution < -0.4 is 5.32 Å². The summed E-state index contributed by atoms with van der Waals surface area (Å²) in [5.74, 6) is 2.52. The topological polar surface area (TPSA) is 65.7 Å². The van der Waals surface area contributed by atoms with Crippen LogP contribution in [0.15, 0.2) is 17.4 Å². The number of nitrogens with one attached hydrogen (secondary N) is 1. The Morgan fingerprint density at radius 1 is 1.45 bits per heavy atom. The molecule has 1 aliphatic rings. The Bertz CT molecular complexity index is 475. The molecule has 22 heavy (non-hydrogen) atoms. The predicted molar refractivity (Wildman–Crippen MR) is 88.7 cm³/mol. The number of aromatic nitrogens is 2. The van der Waals surface area contributed by atoms with Gasteiger partial charge >= 0.3 is 0 Å². The van der Waals surface area contributed by atoms with Gasteiger partial charge in [0.1, 0.15) is 12.4 Å². The largest absolute Gasteiger partial charge is 0.393 e. The van der Waals surface area contributed by atoms with Gasteiger partial charge in [0.15, 0.2) is 5.96 Å². The first-order valence-corrected chi connectivity index (χ1v) is 8.31. The minimum Gasteiger partial charge on any atom is -0.393 e. The van der Waals surface area contributed by atoms with Crippen LogP contribution in [0.2, 0.25) is 0 Å². The molecule has 0 aromatic carbocycles. The molecule has 2 heterocycles. The number of aliphatic hydroxyl groups is 1. The van der Waals surface area contributed by atoms with Gasteiger partial charge in [-0.3, -0.25) is 0 Å². The SMILES string of the molecule is CCNC(=NCc1nccn1CC(C)C)N1CCC(O)CC1. The molecule has 0 bridgehead atoms. The average Bonchev–Trinajstić information content (AvgIpc) is 2.91. The summed E-state index contributed by atoms with van der Waals surface area (Å²) in [6.07, 6.45) is 5.33. The number of hydrogen-bond acceptors (Lipinski definition) is 3. The van der Waals surface area contributed by atoms with Crippen molar-refractivity contribution < 1.29 is 5.11 Å². The van der Waals surface area contributed by atoms with Crippen molar-refractivity contribution >= 4 is 5.96 Å². The highest BCUT2D eigenvalue weighted by atomic mass is 16.3. The van der Waals surface area contributed by atoms with E-state index >= 15 is 0 Å². The number of aliphatic imine (C=N–C) groups is 1. The third-order valence-electron chi connectivity index (χ3n) is 3.83. The summed E-state index contributed by atoms with van der Waals surface area (Å²) in [5.41, 5.74) is 0. The van der Waals surface area contributed by atoms with Crippen molar-refractivity contribution in [3.05, 3.63) is 18.2 Å². The summed E-state index contributed by atoms with van der Waals surface area (Å²) in [6, 6.07) is 0. The van der Waals surface area contributed by atoms with Gasteiger partial charge in [0, 0.05) is 38.6 Å². The van der Waals surface area contributed by atoms with E-state index in [1.165, 1.54) is 0 Å². The van der Waals surface area contributed by atoms with Gasteiger partial charge in [0.05, 0.1) is 6.10 Å². The van der Waals surface area contributed by atoms with Crippen molar-refractivity contribution in [1.29, 1.82) is 0 Å². The number of guanidine groups is 1. The van der Waals surface area contributed by atoms with Crippen LogP contribution in [0, 0.1) is 5.92 Å². The first-order valence-electron chi connectivity index (χ1n) is 8.31. The van der Waals surface area contributed by atoms with E-state index in [0.717, 1.165) is 50.8 Å². The number of nitrogens with zero attached hydrogens (tertiary/aromatic N) is 4. The highest BCUT2D eigenvalue weighted by molar-refractivity contribution is 5.80. The molecule has 2 N–H and O–H groups in total. The lowest BCUT2D eigenvalue weighted by Crippen LogP contribution is -2.46. The number of piperidine rings is 1. The lowest BCUT2D eigenvalue weighted by atomic mass is 10.1. The Balaban J connectivity index is 2.02. The average molecular weight is 307 g/mol. The summed E-state index contributed by atoms with van der Waals surface area (Å²) >= 11 is 0. The fourth-order valence-electron chi connectivity index (χ4n) is 2.70. The molecule has 0 aliphatic carbocycles. The summed E-state index contributed by atoms with van der Waals surface area (Å²) in [6.45, 7) is 10.6. The van der Waals surface area contributed by atoms with E-state index in [1.54, 1.807) is 0 Å². The first kappa shape index (κ1) is 16.8. The van der Waals surface area contributed by atoms with Crippen molar-refractivity contribution in [2.75, 3.05) is 19.6 Å². The third-order valence-corrected chi connectivity index (χ3v) is 3.83. The quantitative estimate of drug-likeness (QED) is 0.638. The Morgan fingerprint density at radius 2 is 2.18 bits per heavy atom. The van der Waals surface area contributed by atoms with Crippen LogP contribution in [0.1, 0.15) is 39.4 Å². The number of hydrogen-bond donors (Lipinski definition) is 2. The zero-order chi connectivity index (χ0) is 15.9. The molecule has 0 amide bonds. The van der Waals surface area contributed by atoms with Crippen LogP contribution in [0.5, 0.6) is 0 Å². The lowest BCUT2D eigenvalue weighted by Gasteiger charge is -2.32. The molecule has 1 aromatic rings. The highest BCUT2D eigenvalue weighted by Crippen LogP contribution is 2.11. The number of aliphatic hydroxyl groups excluding tert-OH is 1. The van der Waals surface area contributed by atoms with Gasteiger partial charge in [0.25, 0.3) is 0 Å². The molecule has 0 unspecified atom stereocenters. The van der Waals surface area contributed by atoms with Crippen LogP contribution in [0.25, 0.3) is 0 Å². The molecule has 0 atom stereocenters. The maximum absolute atomic E-state index is 9.64. The molecule has 1 aromatic heterocycles. The van der Waals surface area contributed by atoms with Crippen molar-refractivity contribution in [3.63, 3.8) is 0 Å². The zero-order valence-corrected chi connectivity index (χ0v) is 14.0. The van der Waals surface area contributed by atoms with Crippen molar-refractivity contribution in [1.82, 2.24) is 19.8 Å². The van der Waals surface area contributed by atoms with Crippen LogP contribution in [0.3, 0.4) is 0 Å². The van der Waals surface area contributed by atoms with Crippen LogP contribution in [-0.4, -0.2) is 51.3 Å². The van der Waals surface area contributed by atoms with E-state index in [4.69, 9.17) is 4.99 Å². The molecule has 6 nitrogen and oxygen atoms in total. The van der Waals surface area contributed by atoms with Gasteiger partial charge in [-0.1, -0.05) is 13.8 Å². The van der Waals surface area contributed by atoms with Gasteiger partial charge in [-0.25, -0.2) is 9.98 Å². The van der Waals surface area contributed by atoms with E-state index in [9.17, 15) is 5.11 Å². The maximum atomic E-state index is 9.64. The first-order chi connectivity index (χ1) is 10.6. The summed E-state index contributed by atoms with van der Waals surface area (Å²) in [4.78, 5) is 11.4. The second-order valence-corrected chi connectivity index (χ2v) is 6.28. The van der Waals surface area contributed by atoms with E-state index in [2.05, 4.69) is 40.5 Å². The fourth-order valence-corrected chi connectivity index (χ4v) is 2.70. The molecule has 2 rings (SSSR count). The second-order valence-electron chi connectivity index (χ2n) is 6.28. The number of likely N-dealkylation sites (tertiary alicyclic amines) is 1. The van der Waals surface area contributed by atoms with E-state index < -0.39 is 0 Å². The van der Waals surface area contributed by atoms with Crippen LogP contribution in [-0.2, 0) is 13.1 Å². The van der Waals surface area contributed by atoms with Crippen molar-refractivity contribution in [2.24, 2.45) is 10.9 Å². The van der Waals surface area contributed by atoms with Crippen molar-refractivity contribution in [2.45, 2.75) is 52.8 Å². The molecular formula is C16H29N5O. The highest BCUT2D eigenvalue weighted by Gasteiger charge is 2.19. The molecule has 0 spiro atoms. The van der Waals surface area contributed by atoms with Crippen molar-refractivity contribution in [3.8, 4) is 0 Å². The molecule has 1 saturated heterocycles. The minimum absolute atomic E-state index is 0.163. The zero-order valence-electron chi connectivity index (χ0n) is 14.0. The molecular weight excluding hydrogens is 278 g/mol. The summed E-state index contributed by atoms with van der Waals surface area (Å²) in [7, 11) is 0. The molecule has 124 valence electrons. The molecule has 1 fully saturated rings. The predicted octanol–water partition coefficient (Wildman–Crippen LogP) is 1.46. The molecule has 6 heteroatoms. The summed E-state index contributed by atoms with van der Waals surface area (Å²) in [5, 5.41) is 13.0. The van der Waals surface area contributed by atoms with Gasteiger partial charge in [-0.2, -0.15) is 0 Å². The maximum Gasteiger partial charge on any atom is 0.194 e. The lowest BCUT2D eigenvalue weighted by molar-refractivity contribution is 0.108. The Kier molecular flexibility index (Phi) is 6.24. The second kappa shape index (κ2) is 8.17. The molecule has 0 saturated carbocycles. The van der Waals surface area contributed by atoms with E-state index in [1.807, 2.05) is 12.4 Å². The Hall–Kier alpha value is -1.56. The normalized spacial score (nSPS) is 17.3. The minimum atomic E-state index is -0.163. The summed E-state index contributed by atoms with van der Waals surface area (Å²) < 4.78 is 2.18. The number of imidazole rings is 1. The van der Waals surface area contributed by atoms with E-state index in [0.29, 0.717) is 12.5 Å². The number of rotatable bonds is 5. The molecule has 1 aliphatic heterocycles. The van der Waals surface area contributed by atoms with Gasteiger partial charge < -0.3 is 19.9 Å². The van der Waals surface area contributed by atoms with Gasteiger partial charge in [-0.15, -0.1) is 0 Å². The molecule has 0 radical (unpaired) electrons. The Labute approximate surface area is 133 Å². The van der Waals surface area contributed by atoms with Gasteiger partial charge in [-0.05, 0) is 25.7 Å². The van der Waals surface area contributed by atoms with Crippen LogP contribution >= 0.6 is 0 Å². The van der Waals surface area contributed by atoms with Gasteiger partial charge in [0.2, 0.25) is 0 Å². The monoisotopic (exact) mass is 307 g/mol. The fraction of sp³-hybridized carbons (Fsp3) is 0.750. The smallest absolute Gasteiger partial charge is 0.194 e. The third kappa shape index (κ3) is 4.73. The van der Waals surface area contributed by atoms with E-state index in [-0.39, 0.29) is 6.10 Å². The standard InChI is InChI=1S/C16H29N5O/c1-4-17-16(20-8-5-14(22)6-9-20)19-11-15-18-7-10-21(15)12-13(2)3/h7,10,13-14,22H,4-6,8-9,11-12H2,1-3H3,(H,17,19). The Morgan fingerprint density at radius 3 is 2.82 bits per heavy atom.